The molecule has 206 valence electrons. The summed E-state index contributed by atoms with van der Waals surface area (Å²) in [6.07, 6.45) is 3.87. The lowest BCUT2D eigenvalue weighted by atomic mass is 9.99. The van der Waals surface area contributed by atoms with Gasteiger partial charge in [-0.3, -0.25) is 9.78 Å². The van der Waals surface area contributed by atoms with Gasteiger partial charge in [-0.05, 0) is 55.2 Å². The summed E-state index contributed by atoms with van der Waals surface area (Å²) in [5.41, 5.74) is 6.59. The smallest absolute Gasteiger partial charge is 0.254 e. The topological polar surface area (TPSA) is 89.8 Å². The number of halogens is 1. The first-order valence-electron chi connectivity index (χ1n) is 13.6. The van der Waals surface area contributed by atoms with E-state index in [1.807, 2.05) is 54.3 Å². The van der Waals surface area contributed by atoms with Gasteiger partial charge in [0.25, 0.3) is 11.8 Å². The molecule has 0 aliphatic carbocycles. The first-order chi connectivity index (χ1) is 19.3. The van der Waals surface area contributed by atoms with Crippen LogP contribution in [0.4, 0.5) is 0 Å². The standard InChI is InChI=1S/C31H31ClN4O3S/c1-20-17-22(7-9-23(20)30(37)35-11-2-3-12-35)28-19-33-27-6-4-5-24(29(27)34-28)21-8-10-25(26(32)18-21)31(38,39)36-13-15-40-16-14-36/h4-10,17-19,38-39H,2-3,11-16H2,1H3. The summed E-state index contributed by atoms with van der Waals surface area (Å²) in [4.78, 5) is 26.2. The Bertz CT molecular complexity index is 1580. The Hall–Kier alpha value is -3.01. The molecule has 0 bridgehead atoms. The minimum absolute atomic E-state index is 0.0858. The lowest BCUT2D eigenvalue weighted by molar-refractivity contribution is -0.273. The summed E-state index contributed by atoms with van der Waals surface area (Å²) < 4.78 is 0. The van der Waals surface area contributed by atoms with Gasteiger partial charge in [-0.25, -0.2) is 9.88 Å². The highest BCUT2D eigenvalue weighted by Crippen LogP contribution is 2.36. The summed E-state index contributed by atoms with van der Waals surface area (Å²) in [6.45, 7) is 4.74. The molecule has 9 heteroatoms. The van der Waals surface area contributed by atoms with Gasteiger partial charge in [-0.15, -0.1) is 0 Å². The summed E-state index contributed by atoms with van der Waals surface area (Å²) in [5.74, 6) is -0.371. The highest BCUT2D eigenvalue weighted by atomic mass is 35.5. The second kappa shape index (κ2) is 11.1. The number of aliphatic hydroxyl groups is 2. The van der Waals surface area contributed by atoms with Gasteiger partial charge in [-0.1, -0.05) is 41.9 Å². The predicted octanol–water partition coefficient (Wildman–Crippen LogP) is 5.31. The number of hydrogen-bond donors (Lipinski definition) is 2. The Labute approximate surface area is 242 Å². The Morgan fingerprint density at radius 2 is 1.73 bits per heavy atom. The first-order valence-corrected chi connectivity index (χ1v) is 15.1. The molecular formula is C31H31ClN4O3S. The molecule has 6 rings (SSSR count). The molecule has 7 nitrogen and oxygen atoms in total. The summed E-state index contributed by atoms with van der Waals surface area (Å²) in [5, 5.41) is 22.2. The third kappa shape index (κ3) is 5.10. The van der Waals surface area contributed by atoms with E-state index in [0.717, 1.165) is 70.8 Å². The van der Waals surface area contributed by atoms with Gasteiger partial charge in [0.05, 0.1) is 27.9 Å². The van der Waals surface area contributed by atoms with Crippen molar-refractivity contribution in [3.8, 4) is 22.4 Å². The fourth-order valence-corrected chi connectivity index (χ4v) is 6.77. The maximum atomic E-state index is 12.9. The molecule has 4 aromatic rings. The number of para-hydroxylation sites is 1. The number of likely N-dealkylation sites (tertiary alicyclic amines) is 1. The molecule has 2 saturated heterocycles. The molecule has 3 heterocycles. The van der Waals surface area contributed by atoms with Crippen LogP contribution in [0.25, 0.3) is 33.4 Å². The van der Waals surface area contributed by atoms with Gasteiger partial charge < -0.3 is 15.1 Å². The Morgan fingerprint density at radius 3 is 2.45 bits per heavy atom. The van der Waals surface area contributed by atoms with E-state index in [2.05, 4.69) is 4.98 Å². The van der Waals surface area contributed by atoms with Crippen molar-refractivity contribution < 1.29 is 15.0 Å². The molecule has 1 aromatic heterocycles. The number of thioether (sulfide) groups is 1. The fourth-order valence-electron chi connectivity index (χ4n) is 5.56. The highest BCUT2D eigenvalue weighted by Gasteiger charge is 2.36. The zero-order chi connectivity index (χ0) is 27.9. The van der Waals surface area contributed by atoms with Crippen LogP contribution < -0.4 is 0 Å². The van der Waals surface area contributed by atoms with E-state index < -0.39 is 5.91 Å². The number of rotatable bonds is 5. The molecule has 1 amide bonds. The fraction of sp³-hybridized carbons (Fsp3) is 0.323. The maximum absolute atomic E-state index is 12.9. The summed E-state index contributed by atoms with van der Waals surface area (Å²) in [6, 6.07) is 16.9. The number of hydrogen-bond acceptors (Lipinski definition) is 7. The largest absolute Gasteiger partial charge is 0.349 e. The zero-order valence-electron chi connectivity index (χ0n) is 22.3. The van der Waals surface area contributed by atoms with Crippen LogP contribution in [0.2, 0.25) is 5.02 Å². The molecule has 0 radical (unpaired) electrons. The third-order valence-corrected chi connectivity index (χ3v) is 9.07. The summed E-state index contributed by atoms with van der Waals surface area (Å²) >= 11 is 8.44. The van der Waals surface area contributed by atoms with Gasteiger partial charge in [0.1, 0.15) is 0 Å². The lowest BCUT2D eigenvalue weighted by Crippen LogP contribution is -2.50. The number of nitrogens with zero attached hydrogens (tertiary/aromatic N) is 4. The molecule has 2 fully saturated rings. The van der Waals surface area contributed by atoms with Crippen LogP contribution >= 0.6 is 23.4 Å². The van der Waals surface area contributed by atoms with Crippen molar-refractivity contribution in [3.05, 3.63) is 82.5 Å². The van der Waals surface area contributed by atoms with Crippen molar-refractivity contribution >= 4 is 40.3 Å². The Kier molecular flexibility index (Phi) is 7.54. The Balaban J connectivity index is 1.34. The number of amides is 1. The van der Waals surface area contributed by atoms with E-state index in [1.54, 1.807) is 35.0 Å². The minimum Gasteiger partial charge on any atom is -0.349 e. The van der Waals surface area contributed by atoms with Gasteiger partial charge in [0, 0.05) is 59.9 Å². The number of benzene rings is 3. The molecule has 3 aromatic carbocycles. The van der Waals surface area contributed by atoms with E-state index >= 15 is 0 Å². The molecular weight excluding hydrogens is 544 g/mol. The van der Waals surface area contributed by atoms with Gasteiger partial charge in [-0.2, -0.15) is 11.8 Å². The van der Waals surface area contributed by atoms with Crippen LogP contribution in [0, 0.1) is 6.92 Å². The number of aromatic nitrogens is 2. The number of carbonyl (C=O) groups excluding carboxylic acids is 1. The van der Waals surface area contributed by atoms with Crippen LogP contribution in [0.15, 0.2) is 60.8 Å². The van der Waals surface area contributed by atoms with Crippen molar-refractivity contribution in [3.63, 3.8) is 0 Å². The van der Waals surface area contributed by atoms with E-state index in [9.17, 15) is 15.0 Å². The minimum atomic E-state index is -2.14. The quantitative estimate of drug-likeness (QED) is 0.312. The second-order valence-electron chi connectivity index (χ2n) is 10.4. The molecule has 0 atom stereocenters. The molecule has 2 aliphatic rings. The van der Waals surface area contributed by atoms with Gasteiger partial charge in [0.15, 0.2) is 0 Å². The van der Waals surface area contributed by atoms with Crippen molar-refractivity contribution in [1.29, 1.82) is 0 Å². The average Bonchev–Trinajstić information content (AvgIpc) is 3.52. The normalized spacial score (nSPS) is 16.6. The molecule has 2 N–H and O–H groups in total. The van der Waals surface area contributed by atoms with Crippen molar-refractivity contribution in [2.45, 2.75) is 25.7 Å². The molecule has 40 heavy (non-hydrogen) atoms. The predicted molar refractivity (Wildman–Crippen MR) is 160 cm³/mol. The first kappa shape index (κ1) is 27.2. The third-order valence-electron chi connectivity index (χ3n) is 7.81. The molecule has 2 aliphatic heterocycles. The van der Waals surface area contributed by atoms with E-state index in [0.29, 0.717) is 24.3 Å². The monoisotopic (exact) mass is 574 g/mol. The molecule has 0 saturated carbocycles. The van der Waals surface area contributed by atoms with Crippen LogP contribution in [-0.2, 0) is 5.91 Å². The van der Waals surface area contributed by atoms with E-state index in [-0.39, 0.29) is 16.5 Å². The van der Waals surface area contributed by atoms with Crippen LogP contribution in [0.1, 0.15) is 34.3 Å². The average molecular weight is 575 g/mol. The Morgan fingerprint density at radius 1 is 0.975 bits per heavy atom. The van der Waals surface area contributed by atoms with Gasteiger partial charge >= 0.3 is 0 Å². The molecule has 0 unspecified atom stereocenters. The van der Waals surface area contributed by atoms with Crippen molar-refractivity contribution in [1.82, 2.24) is 19.8 Å². The van der Waals surface area contributed by atoms with Crippen molar-refractivity contribution in [2.24, 2.45) is 0 Å². The van der Waals surface area contributed by atoms with Crippen LogP contribution in [0.5, 0.6) is 0 Å². The van der Waals surface area contributed by atoms with E-state index in [1.165, 1.54) is 0 Å². The maximum Gasteiger partial charge on any atom is 0.254 e. The number of fused-ring (bicyclic) bond motifs is 1. The van der Waals surface area contributed by atoms with Crippen LogP contribution in [-0.4, -0.2) is 73.6 Å². The number of carbonyl (C=O) groups is 1. The van der Waals surface area contributed by atoms with Crippen molar-refractivity contribution in [2.75, 3.05) is 37.7 Å². The summed E-state index contributed by atoms with van der Waals surface area (Å²) in [7, 11) is 0. The lowest BCUT2D eigenvalue weighted by Gasteiger charge is -2.38. The van der Waals surface area contributed by atoms with Crippen LogP contribution in [0.3, 0.4) is 0 Å². The number of aryl methyl sites for hydroxylation is 1. The second-order valence-corrected chi connectivity index (χ2v) is 12.0. The SMILES string of the molecule is Cc1cc(-c2cnc3cccc(-c4ccc(C(O)(O)N5CCSCC5)c(Cl)c4)c3n2)ccc1C(=O)N1CCCC1. The van der Waals surface area contributed by atoms with E-state index in [4.69, 9.17) is 16.6 Å². The zero-order valence-corrected chi connectivity index (χ0v) is 23.9. The van der Waals surface area contributed by atoms with Gasteiger partial charge in [0.2, 0.25) is 0 Å². The molecule has 0 spiro atoms. The highest BCUT2D eigenvalue weighted by molar-refractivity contribution is 7.99.